The highest BCUT2D eigenvalue weighted by Crippen LogP contribution is 2.30. The van der Waals surface area contributed by atoms with Crippen LogP contribution in [-0.4, -0.2) is 43.2 Å². The van der Waals surface area contributed by atoms with Crippen molar-refractivity contribution in [2.75, 3.05) is 37.5 Å². The first-order chi connectivity index (χ1) is 12.6. The zero-order chi connectivity index (χ0) is 18.5. The van der Waals surface area contributed by atoms with Crippen LogP contribution in [0.25, 0.3) is 0 Å². The molecule has 1 saturated heterocycles. The highest BCUT2D eigenvalue weighted by Gasteiger charge is 2.27. The van der Waals surface area contributed by atoms with Gasteiger partial charge in [0.1, 0.15) is 11.5 Å². The van der Waals surface area contributed by atoms with Gasteiger partial charge in [-0.05, 0) is 38.0 Å². The van der Waals surface area contributed by atoms with Crippen molar-refractivity contribution in [3.05, 3.63) is 36.2 Å². The second-order valence-corrected chi connectivity index (χ2v) is 6.34. The normalized spacial score (nSPS) is 16.9. The molecule has 1 amide bonds. The van der Waals surface area contributed by atoms with Gasteiger partial charge < -0.3 is 19.7 Å². The van der Waals surface area contributed by atoms with Gasteiger partial charge in [0.15, 0.2) is 0 Å². The largest absolute Gasteiger partial charge is 0.497 e. The molecular weight excluding hydrogens is 332 g/mol. The number of hydrogen-bond donors (Lipinski definition) is 1. The smallest absolute Gasteiger partial charge is 0.229 e. The van der Waals surface area contributed by atoms with E-state index in [1.54, 1.807) is 38.6 Å². The molecule has 7 nitrogen and oxygen atoms in total. The molecule has 2 aromatic rings. The van der Waals surface area contributed by atoms with Gasteiger partial charge in [-0.1, -0.05) is 0 Å². The van der Waals surface area contributed by atoms with Crippen molar-refractivity contribution in [3.8, 4) is 11.5 Å². The van der Waals surface area contributed by atoms with Crippen LogP contribution in [0.15, 0.2) is 30.5 Å². The number of nitrogens with zero attached hydrogens (tertiary/aromatic N) is 3. The van der Waals surface area contributed by atoms with Crippen molar-refractivity contribution < 1.29 is 14.3 Å². The van der Waals surface area contributed by atoms with Gasteiger partial charge in [0.25, 0.3) is 0 Å². The van der Waals surface area contributed by atoms with Crippen molar-refractivity contribution in [2.45, 2.75) is 19.8 Å². The van der Waals surface area contributed by atoms with Crippen LogP contribution in [0.1, 0.15) is 18.5 Å². The Morgan fingerprint density at radius 2 is 2.12 bits per heavy atom. The van der Waals surface area contributed by atoms with Crippen LogP contribution < -0.4 is 19.7 Å². The monoisotopic (exact) mass is 356 g/mol. The first-order valence-electron chi connectivity index (χ1n) is 8.68. The van der Waals surface area contributed by atoms with E-state index >= 15 is 0 Å². The second kappa shape index (κ2) is 8.03. The number of ether oxygens (including phenoxy) is 2. The highest BCUT2D eigenvalue weighted by molar-refractivity contribution is 5.94. The predicted molar refractivity (Wildman–Crippen MR) is 99.9 cm³/mol. The van der Waals surface area contributed by atoms with Crippen molar-refractivity contribution in [1.29, 1.82) is 0 Å². The molecule has 0 unspecified atom stereocenters. The molecule has 0 aliphatic carbocycles. The summed E-state index contributed by atoms with van der Waals surface area (Å²) in [5.74, 6) is 1.79. The van der Waals surface area contributed by atoms with Gasteiger partial charge in [-0.25, -0.2) is 9.97 Å². The van der Waals surface area contributed by atoms with Crippen LogP contribution in [-0.2, 0) is 4.79 Å². The number of methoxy groups -OCH3 is 2. The van der Waals surface area contributed by atoms with Crippen LogP contribution in [0, 0.1) is 12.8 Å². The van der Waals surface area contributed by atoms with Crippen LogP contribution >= 0.6 is 0 Å². The fraction of sp³-hybridized carbons (Fsp3) is 0.421. The Bertz CT molecular complexity index is 781. The molecule has 3 rings (SSSR count). The van der Waals surface area contributed by atoms with Gasteiger partial charge in [-0.15, -0.1) is 0 Å². The molecule has 26 heavy (non-hydrogen) atoms. The fourth-order valence-corrected chi connectivity index (χ4v) is 3.10. The van der Waals surface area contributed by atoms with Crippen LogP contribution in [0.4, 0.5) is 11.6 Å². The number of nitrogens with one attached hydrogen (secondary N) is 1. The number of carbonyl (C=O) groups excluding carboxylic acids is 1. The molecule has 1 aliphatic heterocycles. The van der Waals surface area contributed by atoms with E-state index in [2.05, 4.69) is 20.2 Å². The molecule has 1 N–H and O–H groups in total. The number of carbonyl (C=O) groups is 1. The Morgan fingerprint density at radius 3 is 2.85 bits per heavy atom. The van der Waals surface area contributed by atoms with E-state index in [9.17, 15) is 4.79 Å². The first kappa shape index (κ1) is 18.0. The maximum atomic E-state index is 12.8. The number of benzene rings is 1. The van der Waals surface area contributed by atoms with E-state index in [0.29, 0.717) is 29.7 Å². The van der Waals surface area contributed by atoms with Crippen LogP contribution in [0.5, 0.6) is 11.5 Å². The lowest BCUT2D eigenvalue weighted by Crippen LogP contribution is -2.41. The Labute approximate surface area is 153 Å². The summed E-state index contributed by atoms with van der Waals surface area (Å²) >= 11 is 0. The molecule has 1 aromatic heterocycles. The Balaban J connectivity index is 1.70. The van der Waals surface area contributed by atoms with Crippen molar-refractivity contribution in [1.82, 2.24) is 9.97 Å². The number of piperidine rings is 1. The van der Waals surface area contributed by atoms with Crippen molar-refractivity contribution in [3.63, 3.8) is 0 Å². The molecule has 0 radical (unpaired) electrons. The Morgan fingerprint density at radius 1 is 1.27 bits per heavy atom. The lowest BCUT2D eigenvalue weighted by molar-refractivity contribution is -0.120. The molecule has 1 aliphatic rings. The summed E-state index contributed by atoms with van der Waals surface area (Å²) < 4.78 is 10.5. The van der Waals surface area contributed by atoms with Crippen LogP contribution in [0.2, 0.25) is 0 Å². The molecule has 138 valence electrons. The topological polar surface area (TPSA) is 76.6 Å². The number of rotatable bonds is 5. The zero-order valence-corrected chi connectivity index (χ0v) is 15.4. The molecule has 0 bridgehead atoms. The van der Waals surface area contributed by atoms with Crippen molar-refractivity contribution in [2.24, 2.45) is 5.92 Å². The average molecular weight is 356 g/mol. The number of aryl methyl sites for hydroxylation is 1. The van der Waals surface area contributed by atoms with E-state index < -0.39 is 0 Å². The van der Waals surface area contributed by atoms with Gasteiger partial charge in [0, 0.05) is 31.0 Å². The summed E-state index contributed by atoms with van der Waals surface area (Å²) in [5, 5.41) is 2.98. The molecule has 0 spiro atoms. The third kappa shape index (κ3) is 4.04. The van der Waals surface area contributed by atoms with E-state index in [1.165, 1.54) is 0 Å². The average Bonchev–Trinajstić information content (AvgIpc) is 2.68. The maximum absolute atomic E-state index is 12.8. The van der Waals surface area contributed by atoms with E-state index in [4.69, 9.17) is 9.47 Å². The minimum absolute atomic E-state index is 0.0224. The van der Waals surface area contributed by atoms with Gasteiger partial charge in [-0.3, -0.25) is 4.79 Å². The third-order valence-electron chi connectivity index (χ3n) is 4.52. The van der Waals surface area contributed by atoms with Gasteiger partial charge in [-0.2, -0.15) is 0 Å². The summed E-state index contributed by atoms with van der Waals surface area (Å²) in [6.07, 6.45) is 3.52. The van der Waals surface area contributed by atoms with Crippen LogP contribution in [0.3, 0.4) is 0 Å². The van der Waals surface area contributed by atoms with Crippen molar-refractivity contribution >= 4 is 17.5 Å². The lowest BCUT2D eigenvalue weighted by atomic mass is 9.97. The summed E-state index contributed by atoms with van der Waals surface area (Å²) in [4.78, 5) is 23.7. The second-order valence-electron chi connectivity index (χ2n) is 6.34. The molecule has 1 aromatic carbocycles. The number of hydrogen-bond acceptors (Lipinski definition) is 6. The number of anilines is 2. The standard InChI is InChI=1S/C19H24N4O3/c1-13-8-9-20-19(21-13)23-10-4-5-14(12-23)18(24)22-16-7-6-15(25-2)11-17(16)26-3/h6-9,11,14H,4-5,10,12H2,1-3H3,(H,22,24)/t14-/m0/s1. The minimum atomic E-state index is -0.125. The third-order valence-corrected chi connectivity index (χ3v) is 4.52. The SMILES string of the molecule is COc1ccc(NC(=O)[C@H]2CCCN(c3nccc(C)n3)C2)c(OC)c1. The minimum Gasteiger partial charge on any atom is -0.497 e. The van der Waals surface area contributed by atoms with Gasteiger partial charge in [0.2, 0.25) is 11.9 Å². The Kier molecular flexibility index (Phi) is 5.55. The zero-order valence-electron chi connectivity index (χ0n) is 15.4. The number of amides is 1. The first-order valence-corrected chi connectivity index (χ1v) is 8.68. The molecule has 0 saturated carbocycles. The molecule has 1 fully saturated rings. The quantitative estimate of drug-likeness (QED) is 0.888. The van der Waals surface area contributed by atoms with Gasteiger partial charge >= 0.3 is 0 Å². The summed E-state index contributed by atoms with van der Waals surface area (Å²) in [6, 6.07) is 7.21. The lowest BCUT2D eigenvalue weighted by Gasteiger charge is -2.32. The predicted octanol–water partition coefficient (Wildman–Crippen LogP) is 2.66. The van der Waals surface area contributed by atoms with E-state index in [0.717, 1.165) is 25.1 Å². The molecule has 2 heterocycles. The highest BCUT2D eigenvalue weighted by atomic mass is 16.5. The van der Waals surface area contributed by atoms with E-state index in [1.807, 2.05) is 13.0 Å². The van der Waals surface area contributed by atoms with E-state index in [-0.39, 0.29) is 11.8 Å². The summed E-state index contributed by atoms with van der Waals surface area (Å²) in [6.45, 7) is 3.40. The molecule has 7 heteroatoms. The number of aromatic nitrogens is 2. The van der Waals surface area contributed by atoms with Gasteiger partial charge in [0.05, 0.1) is 25.8 Å². The molecular formula is C19H24N4O3. The summed E-state index contributed by atoms with van der Waals surface area (Å²) in [7, 11) is 3.17. The molecule has 1 atom stereocenters. The summed E-state index contributed by atoms with van der Waals surface area (Å²) in [5.41, 5.74) is 1.56. The Hall–Kier alpha value is -2.83. The fourth-order valence-electron chi connectivity index (χ4n) is 3.10. The maximum Gasteiger partial charge on any atom is 0.229 e.